The first-order valence-corrected chi connectivity index (χ1v) is 4.45. The van der Waals surface area contributed by atoms with Crippen molar-refractivity contribution in [2.24, 2.45) is 10.8 Å². The smallest absolute Gasteiger partial charge is 0.0899 e. The molecule has 2 bridgehead atoms. The van der Waals surface area contributed by atoms with E-state index in [1.807, 2.05) is 7.05 Å². The van der Waals surface area contributed by atoms with E-state index < -0.39 is 0 Å². The van der Waals surface area contributed by atoms with Gasteiger partial charge in [0.15, 0.2) is 0 Å². The van der Waals surface area contributed by atoms with Gasteiger partial charge in [0.1, 0.15) is 0 Å². The van der Waals surface area contributed by atoms with Crippen LogP contribution >= 0.6 is 0 Å². The van der Waals surface area contributed by atoms with Gasteiger partial charge in [-0.2, -0.15) is 0 Å². The van der Waals surface area contributed by atoms with Gasteiger partial charge in [-0.15, -0.1) is 0 Å². The van der Waals surface area contributed by atoms with E-state index in [0.29, 0.717) is 10.8 Å². The lowest BCUT2D eigenvalue weighted by atomic mass is 9.34. The second-order valence-corrected chi connectivity index (χ2v) is 4.50. The Hall–Kier alpha value is -0.110. The Labute approximate surface area is 67.4 Å². The zero-order valence-electron chi connectivity index (χ0n) is 7.12. The molecular weight excluding hydrogens is 141 g/mol. The molecule has 3 aliphatic carbocycles. The van der Waals surface area contributed by atoms with Crippen molar-refractivity contribution >= 4 is 0 Å². The monoisotopic (exact) mass is 157 g/mol. The summed E-state index contributed by atoms with van der Waals surface area (Å²) in [6, 6.07) is 0. The average molecular weight is 157 g/mol. The Morgan fingerprint density at radius 2 is 1.91 bits per heavy atom. The van der Waals surface area contributed by atoms with E-state index in [-0.39, 0.29) is 6.67 Å². The maximum Gasteiger partial charge on any atom is 0.0899 e. The molecule has 3 aliphatic rings. The van der Waals surface area contributed by atoms with Gasteiger partial charge in [-0.05, 0) is 43.6 Å². The number of alkyl halides is 1. The molecule has 3 fully saturated rings. The standard InChI is InChI=1S/C9H16FN/c1-11-7-9-4-8(5-9,6-9)2-3-10/h11H,2-7H2,1H3. The van der Waals surface area contributed by atoms with Crippen LogP contribution < -0.4 is 5.32 Å². The van der Waals surface area contributed by atoms with Crippen molar-refractivity contribution in [3.63, 3.8) is 0 Å². The summed E-state index contributed by atoms with van der Waals surface area (Å²) in [6.45, 7) is 1.02. The molecule has 0 aliphatic heterocycles. The normalized spacial score (nSPS) is 46.4. The van der Waals surface area contributed by atoms with Crippen molar-refractivity contribution < 1.29 is 4.39 Å². The zero-order chi connectivity index (χ0) is 7.95. The molecule has 0 spiro atoms. The third-order valence-corrected chi connectivity index (χ3v) is 3.43. The van der Waals surface area contributed by atoms with Crippen LogP contribution in [0.1, 0.15) is 25.7 Å². The summed E-state index contributed by atoms with van der Waals surface area (Å²) >= 11 is 0. The first-order chi connectivity index (χ1) is 5.24. The highest BCUT2D eigenvalue weighted by atomic mass is 19.1. The second kappa shape index (κ2) is 2.19. The maximum absolute atomic E-state index is 12.0. The van der Waals surface area contributed by atoms with Crippen LogP contribution in [0.15, 0.2) is 0 Å². The number of rotatable bonds is 4. The van der Waals surface area contributed by atoms with Crippen LogP contribution in [0.25, 0.3) is 0 Å². The van der Waals surface area contributed by atoms with Crippen molar-refractivity contribution in [2.75, 3.05) is 20.3 Å². The lowest BCUT2D eigenvalue weighted by molar-refractivity contribution is -0.204. The zero-order valence-corrected chi connectivity index (χ0v) is 7.12. The lowest BCUT2D eigenvalue weighted by Gasteiger charge is -2.71. The molecule has 3 saturated carbocycles. The second-order valence-electron chi connectivity index (χ2n) is 4.50. The van der Waals surface area contributed by atoms with Crippen LogP contribution in [0.5, 0.6) is 0 Å². The Balaban J connectivity index is 1.80. The number of hydrogen-bond donors (Lipinski definition) is 1. The quantitative estimate of drug-likeness (QED) is 0.655. The van der Waals surface area contributed by atoms with Gasteiger partial charge < -0.3 is 5.32 Å². The fourth-order valence-electron chi connectivity index (χ4n) is 3.26. The Morgan fingerprint density at radius 1 is 1.27 bits per heavy atom. The van der Waals surface area contributed by atoms with Crippen LogP contribution in [0, 0.1) is 10.8 Å². The minimum atomic E-state index is -0.115. The predicted molar refractivity (Wildman–Crippen MR) is 43.2 cm³/mol. The molecule has 0 atom stereocenters. The van der Waals surface area contributed by atoms with Gasteiger partial charge >= 0.3 is 0 Å². The van der Waals surface area contributed by atoms with Crippen LogP contribution in [-0.2, 0) is 0 Å². The van der Waals surface area contributed by atoms with Gasteiger partial charge in [0.05, 0.1) is 6.67 Å². The molecule has 3 rings (SSSR count). The minimum Gasteiger partial charge on any atom is -0.319 e. The molecule has 1 nitrogen and oxygen atoms in total. The molecule has 0 saturated heterocycles. The van der Waals surface area contributed by atoms with Gasteiger partial charge in [-0.3, -0.25) is 4.39 Å². The fourth-order valence-corrected chi connectivity index (χ4v) is 3.26. The van der Waals surface area contributed by atoms with Crippen molar-refractivity contribution in [2.45, 2.75) is 25.7 Å². The summed E-state index contributed by atoms with van der Waals surface area (Å²) in [5.74, 6) is 0. The Morgan fingerprint density at radius 3 is 2.36 bits per heavy atom. The largest absolute Gasteiger partial charge is 0.319 e. The first-order valence-electron chi connectivity index (χ1n) is 4.45. The van der Waals surface area contributed by atoms with E-state index in [4.69, 9.17) is 0 Å². The number of hydrogen-bond acceptors (Lipinski definition) is 1. The van der Waals surface area contributed by atoms with Crippen molar-refractivity contribution in [3.8, 4) is 0 Å². The van der Waals surface area contributed by atoms with E-state index in [0.717, 1.165) is 13.0 Å². The Kier molecular flexibility index (Phi) is 1.50. The summed E-state index contributed by atoms with van der Waals surface area (Å²) in [7, 11) is 2.00. The third kappa shape index (κ3) is 0.919. The summed E-state index contributed by atoms with van der Waals surface area (Å²) in [5, 5.41) is 3.21. The highest BCUT2D eigenvalue weighted by Gasteiger charge is 2.66. The van der Waals surface area contributed by atoms with Crippen LogP contribution in [0.3, 0.4) is 0 Å². The van der Waals surface area contributed by atoms with E-state index in [2.05, 4.69) is 5.32 Å². The molecule has 0 unspecified atom stereocenters. The van der Waals surface area contributed by atoms with Crippen LogP contribution in [-0.4, -0.2) is 20.3 Å². The van der Waals surface area contributed by atoms with Gasteiger partial charge in [-0.25, -0.2) is 0 Å². The molecule has 11 heavy (non-hydrogen) atoms. The molecular formula is C9H16FN. The van der Waals surface area contributed by atoms with Gasteiger partial charge in [0, 0.05) is 6.54 Å². The molecule has 0 radical (unpaired) electrons. The molecule has 0 aromatic carbocycles. The SMILES string of the molecule is CNCC12CC(CCF)(C1)C2. The lowest BCUT2D eigenvalue weighted by Crippen LogP contribution is -2.65. The summed E-state index contributed by atoms with van der Waals surface area (Å²) < 4.78 is 12.0. The van der Waals surface area contributed by atoms with Gasteiger partial charge in [0.25, 0.3) is 0 Å². The van der Waals surface area contributed by atoms with Crippen molar-refractivity contribution in [1.82, 2.24) is 5.32 Å². The molecule has 0 aromatic heterocycles. The minimum absolute atomic E-state index is 0.115. The molecule has 0 amide bonds. The highest BCUT2D eigenvalue weighted by Crippen LogP contribution is 2.74. The summed E-state index contributed by atoms with van der Waals surface area (Å²) in [5.41, 5.74) is 1.06. The molecule has 1 N–H and O–H groups in total. The van der Waals surface area contributed by atoms with E-state index in [1.165, 1.54) is 19.3 Å². The number of nitrogens with one attached hydrogen (secondary N) is 1. The van der Waals surface area contributed by atoms with Gasteiger partial charge in [-0.1, -0.05) is 0 Å². The average Bonchev–Trinajstić information content (AvgIpc) is 1.81. The molecule has 0 heterocycles. The summed E-state index contributed by atoms with van der Waals surface area (Å²) in [6.07, 6.45) is 4.67. The molecule has 64 valence electrons. The number of halogens is 1. The van der Waals surface area contributed by atoms with Crippen LogP contribution in [0.2, 0.25) is 0 Å². The third-order valence-electron chi connectivity index (χ3n) is 3.43. The van der Waals surface area contributed by atoms with E-state index >= 15 is 0 Å². The molecule has 0 aromatic rings. The molecule has 2 heteroatoms. The van der Waals surface area contributed by atoms with Crippen molar-refractivity contribution in [3.05, 3.63) is 0 Å². The summed E-state index contributed by atoms with van der Waals surface area (Å²) in [4.78, 5) is 0. The van der Waals surface area contributed by atoms with E-state index in [1.54, 1.807) is 0 Å². The predicted octanol–water partition coefficient (Wildman–Crippen LogP) is 1.74. The maximum atomic E-state index is 12.0. The van der Waals surface area contributed by atoms with Crippen LogP contribution in [0.4, 0.5) is 4.39 Å². The Bertz CT molecular complexity index is 131. The topological polar surface area (TPSA) is 12.0 Å². The van der Waals surface area contributed by atoms with E-state index in [9.17, 15) is 4.39 Å². The first kappa shape index (κ1) is 7.53. The highest BCUT2D eigenvalue weighted by molar-refractivity contribution is 5.17. The van der Waals surface area contributed by atoms with Gasteiger partial charge in [0.2, 0.25) is 0 Å². The van der Waals surface area contributed by atoms with Crippen molar-refractivity contribution in [1.29, 1.82) is 0 Å². The fraction of sp³-hybridized carbons (Fsp3) is 1.00.